The first-order valence-corrected chi connectivity index (χ1v) is 7.07. The van der Waals surface area contributed by atoms with Gasteiger partial charge in [0.25, 0.3) is 0 Å². The molecular weight excluding hydrogens is 242 g/mol. The molecule has 1 aromatic rings. The van der Waals surface area contributed by atoms with Gasteiger partial charge < -0.3 is 4.55 Å². The number of hydrogen-bond acceptors (Lipinski definition) is 1. The van der Waals surface area contributed by atoms with Gasteiger partial charge in [-0.05, 0) is 18.6 Å². The van der Waals surface area contributed by atoms with E-state index < -0.39 is 16.4 Å². The van der Waals surface area contributed by atoms with Gasteiger partial charge in [0, 0.05) is 0 Å². The molecule has 0 spiro atoms. The fraction of sp³-hybridized carbons (Fsp3) is 0.538. The molecule has 0 aromatic heterocycles. The summed E-state index contributed by atoms with van der Waals surface area (Å²) in [5.74, 6) is 0. The smallest absolute Gasteiger partial charge is 0.411 e. The molecule has 0 radical (unpaired) electrons. The van der Waals surface area contributed by atoms with Gasteiger partial charge in [-0.2, -0.15) is 8.78 Å². The number of rotatable bonds is 7. The van der Waals surface area contributed by atoms with Crippen LogP contribution in [-0.2, 0) is 11.2 Å². The van der Waals surface area contributed by atoms with E-state index in [-0.39, 0.29) is 11.3 Å². The Morgan fingerprint density at radius 1 is 1.12 bits per heavy atom. The number of unbranched alkanes of at least 4 members (excludes halogenated alkanes) is 3. The zero-order chi connectivity index (χ0) is 12.7. The van der Waals surface area contributed by atoms with Gasteiger partial charge in [-0.25, -0.2) is 0 Å². The van der Waals surface area contributed by atoms with E-state index in [0.717, 1.165) is 19.3 Å². The van der Waals surface area contributed by atoms with Gasteiger partial charge in [0.05, 0.1) is 17.6 Å². The summed E-state index contributed by atoms with van der Waals surface area (Å²) < 4.78 is 39.0. The summed E-state index contributed by atoms with van der Waals surface area (Å²) in [5, 5.41) is -3.12. The predicted molar refractivity (Wildman–Crippen MR) is 66.6 cm³/mol. The Kier molecular flexibility index (Phi) is 5.92. The van der Waals surface area contributed by atoms with E-state index in [1.807, 2.05) is 6.92 Å². The number of hydrogen-bond donors (Lipinski definition) is 0. The van der Waals surface area contributed by atoms with Gasteiger partial charge in [0.15, 0.2) is 4.90 Å². The van der Waals surface area contributed by atoms with Crippen molar-refractivity contribution in [2.75, 3.05) is 0 Å². The van der Waals surface area contributed by atoms with Crippen molar-refractivity contribution in [3.8, 4) is 0 Å². The van der Waals surface area contributed by atoms with Crippen molar-refractivity contribution >= 4 is 11.2 Å². The fourth-order valence-electron chi connectivity index (χ4n) is 1.57. The van der Waals surface area contributed by atoms with E-state index in [0.29, 0.717) is 6.42 Å². The standard InChI is InChI=1S/C13H18F2OS/c1-2-3-4-8-11-13(14,15)17(16)12-9-6-5-7-10-12/h5-7,9-10H,2-4,8,11H2,1H3. The van der Waals surface area contributed by atoms with Crippen LogP contribution < -0.4 is 0 Å². The van der Waals surface area contributed by atoms with E-state index in [1.54, 1.807) is 18.2 Å². The highest BCUT2D eigenvalue weighted by molar-refractivity contribution is 7.92. The Morgan fingerprint density at radius 2 is 1.76 bits per heavy atom. The minimum Gasteiger partial charge on any atom is -0.607 e. The van der Waals surface area contributed by atoms with Crippen LogP contribution in [0.25, 0.3) is 0 Å². The molecule has 0 aliphatic carbocycles. The van der Waals surface area contributed by atoms with E-state index in [1.165, 1.54) is 12.1 Å². The Balaban J connectivity index is 2.51. The third-order valence-corrected chi connectivity index (χ3v) is 4.00. The molecule has 0 bridgehead atoms. The number of benzene rings is 1. The van der Waals surface area contributed by atoms with E-state index >= 15 is 0 Å². The van der Waals surface area contributed by atoms with Crippen LogP contribution in [0.3, 0.4) is 0 Å². The van der Waals surface area contributed by atoms with Crippen molar-refractivity contribution in [2.45, 2.75) is 49.2 Å². The monoisotopic (exact) mass is 260 g/mol. The molecule has 0 fully saturated rings. The summed E-state index contributed by atoms with van der Waals surface area (Å²) >= 11 is -2.23. The van der Waals surface area contributed by atoms with Crippen molar-refractivity contribution in [1.82, 2.24) is 0 Å². The Labute approximate surface area is 104 Å². The van der Waals surface area contributed by atoms with Crippen molar-refractivity contribution < 1.29 is 13.3 Å². The Hall–Kier alpha value is -0.610. The molecule has 0 saturated heterocycles. The van der Waals surface area contributed by atoms with Crippen LogP contribution in [-0.4, -0.2) is 9.81 Å². The SMILES string of the molecule is CCCCCCC(F)(F)[S+]([O-])c1ccccc1. The van der Waals surface area contributed by atoms with Gasteiger partial charge in [0.2, 0.25) is 0 Å². The zero-order valence-corrected chi connectivity index (χ0v) is 10.8. The average molecular weight is 260 g/mol. The lowest BCUT2D eigenvalue weighted by Gasteiger charge is -2.20. The third kappa shape index (κ3) is 4.64. The highest BCUT2D eigenvalue weighted by Gasteiger charge is 2.43. The van der Waals surface area contributed by atoms with E-state index in [9.17, 15) is 13.3 Å². The van der Waals surface area contributed by atoms with Crippen LogP contribution in [0.5, 0.6) is 0 Å². The first-order chi connectivity index (χ1) is 8.08. The van der Waals surface area contributed by atoms with Crippen molar-refractivity contribution in [1.29, 1.82) is 0 Å². The second-order valence-electron chi connectivity index (χ2n) is 4.03. The van der Waals surface area contributed by atoms with Gasteiger partial charge in [0.1, 0.15) is 0 Å². The quantitative estimate of drug-likeness (QED) is 0.527. The van der Waals surface area contributed by atoms with E-state index in [2.05, 4.69) is 0 Å². The fourth-order valence-corrected chi connectivity index (χ4v) is 2.65. The summed E-state index contributed by atoms with van der Waals surface area (Å²) in [4.78, 5) is 0.202. The number of alkyl halides is 2. The third-order valence-electron chi connectivity index (χ3n) is 2.55. The van der Waals surface area contributed by atoms with Crippen LogP contribution in [0, 0.1) is 0 Å². The summed E-state index contributed by atoms with van der Waals surface area (Å²) in [6, 6.07) is 7.94. The van der Waals surface area contributed by atoms with Crippen LogP contribution in [0.15, 0.2) is 35.2 Å². The Bertz CT molecular complexity index is 316. The van der Waals surface area contributed by atoms with Gasteiger partial charge >= 0.3 is 5.25 Å². The Morgan fingerprint density at radius 3 is 2.35 bits per heavy atom. The molecule has 4 heteroatoms. The molecule has 0 aliphatic rings. The molecule has 96 valence electrons. The lowest BCUT2D eigenvalue weighted by atomic mass is 10.2. The van der Waals surface area contributed by atoms with Gasteiger partial charge in [-0.3, -0.25) is 0 Å². The minimum absolute atomic E-state index is 0.202. The topological polar surface area (TPSA) is 23.1 Å². The molecule has 1 unspecified atom stereocenters. The number of halogens is 2. The molecule has 1 aromatic carbocycles. The maximum atomic E-state index is 13.6. The lowest BCUT2D eigenvalue weighted by molar-refractivity contribution is 0.0789. The molecule has 0 aliphatic heterocycles. The lowest BCUT2D eigenvalue weighted by Crippen LogP contribution is -2.28. The molecule has 1 rings (SSSR count). The van der Waals surface area contributed by atoms with E-state index in [4.69, 9.17) is 0 Å². The second kappa shape index (κ2) is 6.97. The second-order valence-corrected chi connectivity index (χ2v) is 5.64. The average Bonchev–Trinajstić information content (AvgIpc) is 2.35. The predicted octanol–water partition coefficient (Wildman–Crippen LogP) is 4.36. The minimum atomic E-state index is -3.12. The van der Waals surface area contributed by atoms with Crippen LogP contribution >= 0.6 is 0 Å². The largest absolute Gasteiger partial charge is 0.607 e. The molecule has 0 amide bonds. The highest BCUT2D eigenvalue weighted by atomic mass is 32.2. The molecule has 0 heterocycles. The maximum Gasteiger partial charge on any atom is 0.411 e. The molecule has 0 saturated carbocycles. The van der Waals surface area contributed by atoms with Crippen molar-refractivity contribution in [3.05, 3.63) is 30.3 Å². The van der Waals surface area contributed by atoms with Crippen molar-refractivity contribution in [2.24, 2.45) is 0 Å². The summed E-state index contributed by atoms with van der Waals surface area (Å²) in [7, 11) is 0. The van der Waals surface area contributed by atoms with Crippen molar-refractivity contribution in [3.63, 3.8) is 0 Å². The molecule has 1 atom stereocenters. The molecule has 0 N–H and O–H groups in total. The maximum absolute atomic E-state index is 13.6. The first-order valence-electron chi connectivity index (χ1n) is 5.92. The summed E-state index contributed by atoms with van der Waals surface area (Å²) in [6.45, 7) is 2.03. The molecule has 17 heavy (non-hydrogen) atoms. The van der Waals surface area contributed by atoms with Crippen LogP contribution in [0.1, 0.15) is 39.0 Å². The van der Waals surface area contributed by atoms with Gasteiger partial charge in [-0.15, -0.1) is 0 Å². The first kappa shape index (κ1) is 14.5. The summed E-state index contributed by atoms with van der Waals surface area (Å²) in [5.41, 5.74) is 0. The normalized spacial score (nSPS) is 13.6. The summed E-state index contributed by atoms with van der Waals surface area (Å²) in [6.07, 6.45) is 2.87. The van der Waals surface area contributed by atoms with Crippen LogP contribution in [0.4, 0.5) is 8.78 Å². The molecule has 1 nitrogen and oxygen atoms in total. The van der Waals surface area contributed by atoms with Gasteiger partial charge in [-0.1, -0.05) is 44.4 Å². The molecular formula is C13H18F2OS. The highest BCUT2D eigenvalue weighted by Crippen LogP contribution is 2.33. The zero-order valence-electron chi connectivity index (χ0n) is 9.99. The van der Waals surface area contributed by atoms with Crippen LogP contribution in [0.2, 0.25) is 0 Å².